The minimum atomic E-state index is -1.51. The van der Waals surface area contributed by atoms with E-state index in [0.29, 0.717) is 0 Å². The molecular formula is C30H32F2N6O4. The van der Waals surface area contributed by atoms with E-state index < -0.39 is 28.9 Å². The van der Waals surface area contributed by atoms with Gasteiger partial charge in [-0.3, -0.25) is 19.8 Å². The van der Waals surface area contributed by atoms with Crippen molar-refractivity contribution in [1.29, 1.82) is 0 Å². The normalized spacial score (nSPS) is 16.4. The predicted molar refractivity (Wildman–Crippen MR) is 152 cm³/mol. The van der Waals surface area contributed by atoms with Gasteiger partial charge in [0.2, 0.25) is 11.8 Å². The number of para-hydroxylation sites is 1. The molecule has 1 saturated heterocycles. The van der Waals surface area contributed by atoms with Crippen LogP contribution in [0.3, 0.4) is 0 Å². The largest absolute Gasteiger partial charge is 0.457 e. The molecule has 3 aromatic rings. The number of nitrogens with zero attached hydrogens (tertiary/aromatic N) is 4. The number of hydrogen-bond donors (Lipinski definition) is 2. The van der Waals surface area contributed by atoms with Gasteiger partial charge >= 0.3 is 6.03 Å². The van der Waals surface area contributed by atoms with Gasteiger partial charge in [0.25, 0.3) is 0 Å². The van der Waals surface area contributed by atoms with Crippen molar-refractivity contribution in [2.45, 2.75) is 31.7 Å². The lowest BCUT2D eigenvalue weighted by Crippen LogP contribution is -2.46. The highest BCUT2D eigenvalue weighted by atomic mass is 19.1. The number of primary amides is 1. The number of ether oxygens (including phenoxy) is 1. The quantitative estimate of drug-likeness (QED) is 0.376. The van der Waals surface area contributed by atoms with Crippen LogP contribution in [0.1, 0.15) is 25.7 Å². The summed E-state index contributed by atoms with van der Waals surface area (Å²) in [5.74, 6) is -2.67. The van der Waals surface area contributed by atoms with Gasteiger partial charge in [-0.25, -0.2) is 18.6 Å². The summed E-state index contributed by atoms with van der Waals surface area (Å²) in [5.41, 5.74) is 3.51. The van der Waals surface area contributed by atoms with E-state index in [1.165, 1.54) is 42.6 Å². The summed E-state index contributed by atoms with van der Waals surface area (Å²) in [5, 5.41) is 2.77. The summed E-state index contributed by atoms with van der Waals surface area (Å²) in [4.78, 5) is 47.3. The Labute approximate surface area is 242 Å². The fourth-order valence-electron chi connectivity index (χ4n) is 5.04. The number of halogens is 2. The number of urea groups is 1. The molecule has 12 heteroatoms. The van der Waals surface area contributed by atoms with E-state index in [9.17, 15) is 18.8 Å². The van der Waals surface area contributed by atoms with Gasteiger partial charge in [0.15, 0.2) is 5.82 Å². The number of carbonyl (C=O) groups excluding carboxylic acids is 3. The number of benzene rings is 2. The second kappa shape index (κ2) is 11.7. The number of carbonyl (C=O) groups is 3. The van der Waals surface area contributed by atoms with Crippen LogP contribution < -0.4 is 20.7 Å². The van der Waals surface area contributed by atoms with Crippen molar-refractivity contribution < 1.29 is 27.9 Å². The van der Waals surface area contributed by atoms with Gasteiger partial charge in [-0.2, -0.15) is 0 Å². The highest BCUT2D eigenvalue weighted by Crippen LogP contribution is 2.49. The van der Waals surface area contributed by atoms with Crippen molar-refractivity contribution in [3.05, 3.63) is 72.4 Å². The van der Waals surface area contributed by atoms with Crippen molar-refractivity contribution in [3.8, 4) is 11.5 Å². The molecule has 1 aliphatic carbocycles. The summed E-state index contributed by atoms with van der Waals surface area (Å²) in [6.45, 7) is 1.83. The van der Waals surface area contributed by atoms with Crippen LogP contribution in [0, 0.1) is 17.0 Å². The van der Waals surface area contributed by atoms with Crippen LogP contribution in [0.25, 0.3) is 0 Å². The second-order valence-electron chi connectivity index (χ2n) is 10.7. The molecule has 1 aromatic heterocycles. The zero-order valence-corrected chi connectivity index (χ0v) is 23.3. The Kier molecular flexibility index (Phi) is 8.08. The van der Waals surface area contributed by atoms with E-state index in [1.807, 2.05) is 0 Å². The number of aromatic nitrogens is 1. The second-order valence-corrected chi connectivity index (χ2v) is 10.7. The number of anilines is 3. The highest BCUT2D eigenvalue weighted by Gasteiger charge is 2.58. The maximum Gasteiger partial charge on any atom is 0.323 e. The van der Waals surface area contributed by atoms with Crippen LogP contribution in [0.5, 0.6) is 11.5 Å². The summed E-state index contributed by atoms with van der Waals surface area (Å²) >= 11 is 0. The van der Waals surface area contributed by atoms with Gasteiger partial charge in [0.1, 0.15) is 28.5 Å². The molecule has 0 unspecified atom stereocenters. The van der Waals surface area contributed by atoms with Crippen LogP contribution in [-0.2, 0) is 9.59 Å². The first-order valence-corrected chi connectivity index (χ1v) is 13.6. The van der Waals surface area contributed by atoms with Crippen molar-refractivity contribution >= 4 is 35.0 Å². The number of rotatable bonds is 8. The molecule has 0 atom stereocenters. The maximum atomic E-state index is 15.5. The summed E-state index contributed by atoms with van der Waals surface area (Å²) in [6, 6.07) is 12.0. The first-order chi connectivity index (χ1) is 20.1. The minimum absolute atomic E-state index is 0.0835. The van der Waals surface area contributed by atoms with Gasteiger partial charge in [0, 0.05) is 31.4 Å². The van der Waals surface area contributed by atoms with Crippen molar-refractivity contribution in [2.24, 2.45) is 11.1 Å². The Morgan fingerprint density at radius 3 is 2.31 bits per heavy atom. The highest BCUT2D eigenvalue weighted by molar-refractivity contribution is 6.16. The van der Waals surface area contributed by atoms with Crippen molar-refractivity contribution in [1.82, 2.24) is 14.8 Å². The fourth-order valence-corrected chi connectivity index (χ4v) is 5.04. The maximum absolute atomic E-state index is 15.5. The Balaban J connectivity index is 1.33. The third kappa shape index (κ3) is 5.89. The molecule has 0 radical (unpaired) electrons. The topological polar surface area (TPSA) is 121 Å². The molecule has 2 aromatic carbocycles. The minimum Gasteiger partial charge on any atom is -0.457 e. The van der Waals surface area contributed by atoms with Crippen LogP contribution in [0.2, 0.25) is 0 Å². The Hall–Kier alpha value is -4.58. The molecule has 1 aliphatic heterocycles. The number of hydrogen-bond acceptors (Lipinski definition) is 6. The molecule has 220 valence electrons. The molecule has 42 heavy (non-hydrogen) atoms. The molecule has 4 amide bonds. The molecule has 5 rings (SSSR count). The molecule has 2 heterocycles. The average Bonchev–Trinajstić information content (AvgIpc) is 3.78. The van der Waals surface area contributed by atoms with Gasteiger partial charge in [-0.15, -0.1) is 0 Å². The molecule has 2 aliphatic rings. The van der Waals surface area contributed by atoms with Crippen molar-refractivity contribution in [2.75, 3.05) is 37.4 Å². The van der Waals surface area contributed by atoms with E-state index in [1.54, 1.807) is 18.0 Å². The Morgan fingerprint density at radius 2 is 1.67 bits per heavy atom. The SMILES string of the molecule is CN1CCC(N(C)C(=O)Nc2cc(Oc3ccc(N(C(=O)C4(C(N)=O)CC4)c4ccccc4F)c(F)c3)ccn2)CC1. The molecule has 10 nitrogen and oxygen atoms in total. The fraction of sp³-hybridized carbons (Fsp3) is 0.333. The number of amides is 4. The van der Waals surface area contributed by atoms with Gasteiger partial charge in [-0.1, -0.05) is 12.1 Å². The number of likely N-dealkylation sites (tertiary alicyclic amines) is 1. The van der Waals surface area contributed by atoms with Crippen molar-refractivity contribution in [3.63, 3.8) is 0 Å². The standard InChI is InChI=1S/C30H32F2N6O4/c1-36-15-10-19(11-16-36)37(2)29(41)35-26-18-21(9-14-34-26)42-20-7-8-25(23(32)17-20)38(24-6-4-3-5-22(24)31)28(40)30(12-13-30)27(33)39/h3-9,14,17-19H,10-13,15-16H2,1-2H3,(H2,33,39)(H,34,35,41). The zero-order chi connectivity index (χ0) is 30.0. The Bertz CT molecular complexity index is 1510. The number of pyridine rings is 1. The van der Waals surface area contributed by atoms with Crippen LogP contribution in [0.15, 0.2) is 60.8 Å². The van der Waals surface area contributed by atoms with Crippen LogP contribution in [-0.4, -0.2) is 65.9 Å². The molecule has 0 bridgehead atoms. The van der Waals surface area contributed by atoms with E-state index in [-0.39, 0.29) is 53.6 Å². The van der Waals surface area contributed by atoms with Gasteiger partial charge in [-0.05, 0) is 76.2 Å². The van der Waals surface area contributed by atoms with E-state index in [2.05, 4.69) is 22.2 Å². The van der Waals surface area contributed by atoms with E-state index >= 15 is 4.39 Å². The number of nitrogens with one attached hydrogen (secondary N) is 1. The predicted octanol–water partition coefficient (Wildman–Crippen LogP) is 4.64. The Morgan fingerprint density at radius 1 is 1.00 bits per heavy atom. The molecule has 2 fully saturated rings. The van der Waals surface area contributed by atoms with Gasteiger partial charge in [0.05, 0.1) is 11.4 Å². The lowest BCUT2D eigenvalue weighted by atomic mass is 10.0. The van der Waals surface area contributed by atoms with Gasteiger partial charge < -0.3 is 20.3 Å². The van der Waals surface area contributed by atoms with E-state index in [4.69, 9.17) is 10.5 Å². The molecular weight excluding hydrogens is 546 g/mol. The van der Waals surface area contributed by atoms with Crippen LogP contribution >= 0.6 is 0 Å². The zero-order valence-electron chi connectivity index (χ0n) is 23.3. The first-order valence-electron chi connectivity index (χ1n) is 13.6. The third-order valence-corrected chi connectivity index (χ3v) is 7.85. The molecule has 3 N–H and O–H groups in total. The first kappa shape index (κ1) is 28.9. The van der Waals surface area contributed by atoms with Crippen LogP contribution in [0.4, 0.5) is 30.8 Å². The van der Waals surface area contributed by atoms with E-state index in [0.717, 1.165) is 43.0 Å². The third-order valence-electron chi connectivity index (χ3n) is 7.85. The molecule has 0 spiro atoms. The summed E-state index contributed by atoms with van der Waals surface area (Å²) in [6.07, 6.45) is 3.60. The summed E-state index contributed by atoms with van der Waals surface area (Å²) < 4.78 is 36.1. The lowest BCUT2D eigenvalue weighted by molar-refractivity contribution is -0.133. The monoisotopic (exact) mass is 578 g/mol. The number of piperidine rings is 1. The summed E-state index contributed by atoms with van der Waals surface area (Å²) in [7, 11) is 3.80. The smallest absolute Gasteiger partial charge is 0.323 e. The molecule has 1 saturated carbocycles. The lowest BCUT2D eigenvalue weighted by Gasteiger charge is -2.34. The average molecular weight is 579 g/mol. The number of nitrogens with two attached hydrogens (primary N) is 1.